The van der Waals surface area contributed by atoms with Crippen molar-refractivity contribution in [3.8, 4) is 5.75 Å². The van der Waals surface area contributed by atoms with Crippen molar-refractivity contribution in [3.05, 3.63) is 42.5 Å². The van der Waals surface area contributed by atoms with Gasteiger partial charge >= 0.3 is 0 Å². The van der Waals surface area contributed by atoms with Crippen LogP contribution in [0.15, 0.2) is 42.5 Å². The van der Waals surface area contributed by atoms with Gasteiger partial charge in [0.25, 0.3) is 0 Å². The lowest BCUT2D eigenvalue weighted by Crippen LogP contribution is -2.47. The van der Waals surface area contributed by atoms with E-state index >= 15 is 0 Å². The van der Waals surface area contributed by atoms with Crippen molar-refractivity contribution >= 4 is 40.5 Å². The summed E-state index contributed by atoms with van der Waals surface area (Å²) < 4.78 is 5.34. The van der Waals surface area contributed by atoms with Gasteiger partial charge in [0.15, 0.2) is 0 Å². The second kappa shape index (κ2) is 7.99. The highest BCUT2D eigenvalue weighted by Crippen LogP contribution is 2.31. The summed E-state index contributed by atoms with van der Waals surface area (Å²) in [5.74, 6) is -0.166. The van der Waals surface area contributed by atoms with E-state index in [-0.39, 0.29) is 24.3 Å². The molecule has 3 N–H and O–H groups in total. The summed E-state index contributed by atoms with van der Waals surface area (Å²) in [6, 6.07) is 11.6. The fourth-order valence-electron chi connectivity index (χ4n) is 3.06. The second-order valence-electron chi connectivity index (χ2n) is 6.45. The molecular formula is C20H22N4O4. The van der Waals surface area contributed by atoms with E-state index in [0.717, 1.165) is 0 Å². The minimum atomic E-state index is -0.638. The van der Waals surface area contributed by atoms with Gasteiger partial charge in [0.2, 0.25) is 17.7 Å². The molecule has 2 aromatic rings. The summed E-state index contributed by atoms with van der Waals surface area (Å²) in [6.07, 6.45) is 0. The third kappa shape index (κ3) is 4.06. The molecule has 0 unspecified atom stereocenters. The number of rotatable bonds is 5. The first kappa shape index (κ1) is 19.2. The Morgan fingerprint density at radius 3 is 2.68 bits per heavy atom. The number of carbonyl (C=O) groups is 3. The smallest absolute Gasteiger partial charge is 0.249 e. The van der Waals surface area contributed by atoms with Gasteiger partial charge in [-0.1, -0.05) is 12.1 Å². The lowest BCUT2D eigenvalue weighted by Gasteiger charge is -2.31. The molecule has 1 aliphatic heterocycles. The molecule has 0 fully saturated rings. The third-order valence-corrected chi connectivity index (χ3v) is 4.30. The molecular weight excluding hydrogens is 360 g/mol. The van der Waals surface area contributed by atoms with Crippen LogP contribution in [0.25, 0.3) is 0 Å². The Hall–Kier alpha value is -3.55. The standard InChI is InChI=1S/C20H22N4O4/c1-12(21-16-10-14(22-13(2)25)8-9-18(16)28-3)20(27)24-11-19(26)23-15-6-4-5-7-17(15)24/h4-10,12,21H,11H2,1-3H3,(H,22,25)(H,23,26)/t12-/m0/s1. The Morgan fingerprint density at radius 2 is 1.96 bits per heavy atom. The van der Waals surface area contributed by atoms with Crippen molar-refractivity contribution in [2.75, 3.05) is 34.5 Å². The van der Waals surface area contributed by atoms with Crippen molar-refractivity contribution in [1.82, 2.24) is 0 Å². The average Bonchev–Trinajstić information content (AvgIpc) is 2.66. The first-order chi connectivity index (χ1) is 13.4. The molecule has 0 aliphatic carbocycles. The number of nitrogens with one attached hydrogen (secondary N) is 3. The van der Waals surface area contributed by atoms with Crippen molar-refractivity contribution in [3.63, 3.8) is 0 Å². The molecule has 2 aromatic carbocycles. The second-order valence-corrected chi connectivity index (χ2v) is 6.45. The van der Waals surface area contributed by atoms with Crippen LogP contribution in [0.2, 0.25) is 0 Å². The predicted octanol–water partition coefficient (Wildman–Crippen LogP) is 2.44. The fourth-order valence-corrected chi connectivity index (χ4v) is 3.06. The van der Waals surface area contributed by atoms with E-state index in [1.165, 1.54) is 18.9 Å². The maximum absolute atomic E-state index is 13.0. The van der Waals surface area contributed by atoms with Crippen LogP contribution < -0.4 is 25.6 Å². The zero-order valence-corrected chi connectivity index (χ0v) is 15.9. The molecule has 3 rings (SSSR count). The van der Waals surface area contributed by atoms with E-state index in [9.17, 15) is 14.4 Å². The molecule has 1 aliphatic rings. The molecule has 28 heavy (non-hydrogen) atoms. The van der Waals surface area contributed by atoms with E-state index in [0.29, 0.717) is 28.5 Å². The third-order valence-electron chi connectivity index (χ3n) is 4.30. The molecule has 8 heteroatoms. The Balaban J connectivity index is 1.83. The highest BCUT2D eigenvalue weighted by atomic mass is 16.5. The number of hydrogen-bond donors (Lipinski definition) is 3. The fraction of sp³-hybridized carbons (Fsp3) is 0.250. The van der Waals surface area contributed by atoms with Crippen LogP contribution in [-0.2, 0) is 14.4 Å². The van der Waals surface area contributed by atoms with Gasteiger partial charge in [0.05, 0.1) is 24.2 Å². The summed E-state index contributed by atoms with van der Waals surface area (Å²) in [4.78, 5) is 37.8. The first-order valence-corrected chi connectivity index (χ1v) is 8.81. The molecule has 0 radical (unpaired) electrons. The number of anilines is 4. The van der Waals surface area contributed by atoms with Gasteiger partial charge in [-0.25, -0.2) is 0 Å². The minimum Gasteiger partial charge on any atom is -0.495 e. The number of methoxy groups -OCH3 is 1. The van der Waals surface area contributed by atoms with E-state index in [4.69, 9.17) is 4.74 Å². The first-order valence-electron chi connectivity index (χ1n) is 8.81. The maximum Gasteiger partial charge on any atom is 0.249 e. The van der Waals surface area contributed by atoms with Gasteiger partial charge in [-0.05, 0) is 37.3 Å². The zero-order chi connectivity index (χ0) is 20.3. The Kier molecular flexibility index (Phi) is 5.49. The zero-order valence-electron chi connectivity index (χ0n) is 15.9. The number of amides is 3. The average molecular weight is 382 g/mol. The highest BCUT2D eigenvalue weighted by Gasteiger charge is 2.29. The molecule has 146 valence electrons. The van der Waals surface area contributed by atoms with Crippen LogP contribution in [0, 0.1) is 0 Å². The number of ether oxygens (including phenoxy) is 1. The van der Waals surface area contributed by atoms with E-state index < -0.39 is 6.04 Å². The molecule has 0 saturated carbocycles. The predicted molar refractivity (Wildman–Crippen MR) is 108 cm³/mol. The topological polar surface area (TPSA) is 99.8 Å². The normalized spacial score (nSPS) is 13.8. The highest BCUT2D eigenvalue weighted by molar-refractivity contribution is 6.11. The molecule has 1 heterocycles. The molecule has 8 nitrogen and oxygen atoms in total. The Labute approximate surface area is 162 Å². The van der Waals surface area contributed by atoms with Crippen LogP contribution >= 0.6 is 0 Å². The van der Waals surface area contributed by atoms with Gasteiger partial charge in [0, 0.05) is 12.6 Å². The number of nitrogens with zero attached hydrogens (tertiary/aromatic N) is 1. The number of hydrogen-bond acceptors (Lipinski definition) is 5. The van der Waals surface area contributed by atoms with Gasteiger partial charge in [0.1, 0.15) is 18.3 Å². The van der Waals surface area contributed by atoms with E-state index in [2.05, 4.69) is 16.0 Å². The van der Waals surface area contributed by atoms with Crippen LogP contribution in [0.1, 0.15) is 13.8 Å². The number of benzene rings is 2. The molecule has 0 spiro atoms. The minimum absolute atomic E-state index is 0.0507. The molecule has 1 atom stereocenters. The monoisotopic (exact) mass is 382 g/mol. The number of para-hydroxylation sites is 2. The summed E-state index contributed by atoms with van der Waals surface area (Å²) in [5.41, 5.74) is 2.40. The van der Waals surface area contributed by atoms with Gasteiger partial charge in [-0.3, -0.25) is 19.3 Å². The largest absolute Gasteiger partial charge is 0.495 e. The number of fused-ring (bicyclic) bond motifs is 1. The van der Waals surface area contributed by atoms with E-state index in [1.54, 1.807) is 43.3 Å². The SMILES string of the molecule is COc1ccc(NC(C)=O)cc1N[C@@H](C)C(=O)N1CC(=O)Nc2ccccc21. The van der Waals surface area contributed by atoms with E-state index in [1.807, 2.05) is 6.07 Å². The maximum atomic E-state index is 13.0. The lowest BCUT2D eigenvalue weighted by atomic mass is 10.1. The molecule has 3 amide bonds. The quantitative estimate of drug-likeness (QED) is 0.738. The van der Waals surface area contributed by atoms with Crippen molar-refractivity contribution in [2.45, 2.75) is 19.9 Å². The molecule has 0 saturated heterocycles. The van der Waals surface area contributed by atoms with Crippen LogP contribution in [0.3, 0.4) is 0 Å². The van der Waals surface area contributed by atoms with Gasteiger partial charge < -0.3 is 20.7 Å². The Bertz CT molecular complexity index is 928. The molecule has 0 bridgehead atoms. The summed E-state index contributed by atoms with van der Waals surface area (Å²) in [6.45, 7) is 3.08. The summed E-state index contributed by atoms with van der Waals surface area (Å²) in [7, 11) is 1.52. The van der Waals surface area contributed by atoms with Gasteiger partial charge in [-0.15, -0.1) is 0 Å². The van der Waals surface area contributed by atoms with Gasteiger partial charge in [-0.2, -0.15) is 0 Å². The van der Waals surface area contributed by atoms with Crippen LogP contribution in [-0.4, -0.2) is 37.4 Å². The summed E-state index contributed by atoms with van der Waals surface area (Å²) >= 11 is 0. The van der Waals surface area contributed by atoms with Crippen molar-refractivity contribution in [2.24, 2.45) is 0 Å². The van der Waals surface area contributed by atoms with Crippen LogP contribution in [0.4, 0.5) is 22.7 Å². The Morgan fingerprint density at radius 1 is 1.21 bits per heavy atom. The summed E-state index contributed by atoms with van der Waals surface area (Å²) in [5, 5.41) is 8.58. The molecule has 0 aromatic heterocycles. The van der Waals surface area contributed by atoms with Crippen LogP contribution in [0.5, 0.6) is 5.75 Å². The van der Waals surface area contributed by atoms with Crippen molar-refractivity contribution < 1.29 is 19.1 Å². The number of carbonyl (C=O) groups excluding carboxylic acids is 3. The van der Waals surface area contributed by atoms with Crippen molar-refractivity contribution in [1.29, 1.82) is 0 Å². The lowest BCUT2D eigenvalue weighted by molar-refractivity contribution is -0.122.